The van der Waals surface area contributed by atoms with Crippen molar-refractivity contribution in [1.29, 1.82) is 0 Å². The average molecular weight is 336 g/mol. The maximum Gasteiger partial charge on any atom is 0.253 e. The van der Waals surface area contributed by atoms with Gasteiger partial charge in [-0.2, -0.15) is 4.68 Å². The van der Waals surface area contributed by atoms with Crippen LogP contribution >= 0.6 is 11.6 Å². The Morgan fingerprint density at radius 3 is 3.00 bits per heavy atom. The van der Waals surface area contributed by atoms with E-state index in [4.69, 9.17) is 16.3 Å². The standard InChI is InChI=1S/C15H18ClN5O2/c1-15(2)8-11(5-6-23-15)18-14(22)12-4-3-10(16)7-13(12)21-9-17-19-20-21/h3-4,7,9,11H,5-6,8H2,1-2H3,(H,18,22)/t11-/m1/s1. The highest BCUT2D eigenvalue weighted by atomic mass is 35.5. The van der Waals surface area contributed by atoms with Gasteiger partial charge < -0.3 is 10.1 Å². The predicted octanol–water partition coefficient (Wildman–Crippen LogP) is 2.00. The molecule has 122 valence electrons. The summed E-state index contributed by atoms with van der Waals surface area (Å²) >= 11 is 6.04. The highest BCUT2D eigenvalue weighted by molar-refractivity contribution is 6.31. The molecule has 0 unspecified atom stereocenters. The smallest absolute Gasteiger partial charge is 0.253 e. The molecule has 0 radical (unpaired) electrons. The molecule has 8 heteroatoms. The van der Waals surface area contributed by atoms with Crippen molar-refractivity contribution in [1.82, 2.24) is 25.5 Å². The lowest BCUT2D eigenvalue weighted by molar-refractivity contribution is -0.0615. The third-order valence-corrected chi connectivity index (χ3v) is 4.07. The first-order chi connectivity index (χ1) is 10.9. The summed E-state index contributed by atoms with van der Waals surface area (Å²) < 4.78 is 7.11. The number of rotatable bonds is 3. The number of benzene rings is 1. The zero-order chi connectivity index (χ0) is 16.4. The second-order valence-corrected chi connectivity index (χ2v) is 6.62. The number of halogens is 1. The van der Waals surface area contributed by atoms with Gasteiger partial charge in [0.15, 0.2) is 0 Å². The SMILES string of the molecule is CC1(C)C[C@H](NC(=O)c2ccc(Cl)cc2-n2cnnn2)CCO1. The normalized spacial score (nSPS) is 20.2. The first-order valence-corrected chi connectivity index (χ1v) is 7.80. The minimum absolute atomic E-state index is 0.0728. The van der Waals surface area contributed by atoms with Gasteiger partial charge in [0.25, 0.3) is 5.91 Å². The second kappa shape index (κ2) is 6.25. The molecule has 3 rings (SSSR count). The van der Waals surface area contributed by atoms with Crippen LogP contribution in [0.1, 0.15) is 37.0 Å². The molecule has 0 aliphatic carbocycles. The molecule has 23 heavy (non-hydrogen) atoms. The number of hydrogen-bond donors (Lipinski definition) is 1. The van der Waals surface area contributed by atoms with Crippen molar-refractivity contribution < 1.29 is 9.53 Å². The van der Waals surface area contributed by atoms with E-state index in [0.717, 1.165) is 12.8 Å². The molecule has 1 aliphatic rings. The number of amides is 1. The molecular weight excluding hydrogens is 318 g/mol. The van der Waals surface area contributed by atoms with Crippen molar-refractivity contribution in [3.05, 3.63) is 35.1 Å². The van der Waals surface area contributed by atoms with E-state index < -0.39 is 0 Å². The van der Waals surface area contributed by atoms with Crippen molar-refractivity contribution in [3.8, 4) is 5.69 Å². The van der Waals surface area contributed by atoms with Crippen LogP contribution in [0.5, 0.6) is 0 Å². The molecule has 2 heterocycles. The topological polar surface area (TPSA) is 81.9 Å². The monoisotopic (exact) mass is 335 g/mol. The van der Waals surface area contributed by atoms with E-state index in [1.807, 2.05) is 13.8 Å². The van der Waals surface area contributed by atoms with E-state index in [0.29, 0.717) is 22.9 Å². The molecule has 0 bridgehead atoms. The van der Waals surface area contributed by atoms with Gasteiger partial charge >= 0.3 is 0 Å². The van der Waals surface area contributed by atoms with Crippen molar-refractivity contribution in [2.24, 2.45) is 0 Å². The number of aromatic nitrogens is 4. The Kier molecular flexibility index (Phi) is 4.32. The molecule has 7 nitrogen and oxygen atoms in total. The van der Waals surface area contributed by atoms with Gasteiger partial charge in [-0.15, -0.1) is 5.10 Å². The fourth-order valence-corrected chi connectivity index (χ4v) is 2.94. The van der Waals surface area contributed by atoms with E-state index >= 15 is 0 Å². The molecule has 1 fully saturated rings. The van der Waals surface area contributed by atoms with Gasteiger partial charge in [-0.1, -0.05) is 11.6 Å². The van der Waals surface area contributed by atoms with E-state index in [-0.39, 0.29) is 17.6 Å². The van der Waals surface area contributed by atoms with Crippen LogP contribution in [0.15, 0.2) is 24.5 Å². The number of ether oxygens (including phenoxy) is 1. The number of nitrogens with one attached hydrogen (secondary N) is 1. The van der Waals surface area contributed by atoms with Crippen molar-refractivity contribution in [2.75, 3.05) is 6.61 Å². The van der Waals surface area contributed by atoms with Crippen molar-refractivity contribution in [3.63, 3.8) is 0 Å². The molecule has 1 saturated heterocycles. The third kappa shape index (κ3) is 3.68. The Morgan fingerprint density at radius 1 is 1.48 bits per heavy atom. The lowest BCUT2D eigenvalue weighted by atomic mass is 9.93. The maximum absolute atomic E-state index is 12.7. The minimum Gasteiger partial charge on any atom is -0.375 e. The Bertz CT molecular complexity index is 702. The largest absolute Gasteiger partial charge is 0.375 e. The molecule has 1 N–H and O–H groups in total. The Balaban J connectivity index is 1.83. The van der Waals surface area contributed by atoms with Gasteiger partial charge in [0.05, 0.1) is 16.9 Å². The summed E-state index contributed by atoms with van der Waals surface area (Å²) in [5, 5.41) is 14.6. The third-order valence-electron chi connectivity index (χ3n) is 3.83. The molecule has 0 spiro atoms. The highest BCUT2D eigenvalue weighted by Gasteiger charge is 2.30. The molecule has 1 aromatic heterocycles. The van der Waals surface area contributed by atoms with Gasteiger partial charge in [0, 0.05) is 17.7 Å². The molecule has 1 amide bonds. The summed E-state index contributed by atoms with van der Waals surface area (Å²) in [5.74, 6) is -0.171. The van der Waals surface area contributed by atoms with Crippen LogP contribution in [0.2, 0.25) is 5.02 Å². The first-order valence-electron chi connectivity index (χ1n) is 7.42. The van der Waals surface area contributed by atoms with E-state index in [2.05, 4.69) is 20.8 Å². The fraction of sp³-hybridized carbons (Fsp3) is 0.467. The lowest BCUT2D eigenvalue weighted by Crippen LogP contribution is -2.46. The number of carbonyl (C=O) groups excluding carboxylic acids is 1. The van der Waals surface area contributed by atoms with Gasteiger partial charge in [-0.05, 0) is 55.3 Å². The minimum atomic E-state index is -0.227. The molecule has 1 atom stereocenters. The van der Waals surface area contributed by atoms with Gasteiger partial charge in [-0.25, -0.2) is 0 Å². The lowest BCUT2D eigenvalue weighted by Gasteiger charge is -2.35. The number of nitrogens with zero attached hydrogens (tertiary/aromatic N) is 4. The van der Waals surface area contributed by atoms with E-state index in [1.54, 1.807) is 18.2 Å². The van der Waals surface area contributed by atoms with Crippen LogP contribution in [0, 0.1) is 0 Å². The molecular formula is C15H18ClN5O2. The summed E-state index contributed by atoms with van der Waals surface area (Å²) in [4.78, 5) is 12.7. The molecule has 1 aromatic carbocycles. The maximum atomic E-state index is 12.7. The van der Waals surface area contributed by atoms with Crippen molar-refractivity contribution >= 4 is 17.5 Å². The Labute approximate surface area is 139 Å². The quantitative estimate of drug-likeness (QED) is 0.927. The molecule has 1 aliphatic heterocycles. The zero-order valence-corrected chi connectivity index (χ0v) is 13.7. The predicted molar refractivity (Wildman–Crippen MR) is 84.7 cm³/mol. The van der Waals surface area contributed by atoms with Gasteiger partial charge in [0.1, 0.15) is 6.33 Å². The number of hydrogen-bond acceptors (Lipinski definition) is 5. The van der Waals surface area contributed by atoms with Crippen LogP contribution in [-0.2, 0) is 4.74 Å². The summed E-state index contributed by atoms with van der Waals surface area (Å²) in [6.45, 7) is 4.69. The van der Waals surface area contributed by atoms with E-state index in [9.17, 15) is 4.79 Å². The Hall–Kier alpha value is -1.99. The number of tetrazole rings is 1. The van der Waals surface area contributed by atoms with Crippen LogP contribution in [0.3, 0.4) is 0 Å². The summed E-state index contributed by atoms with van der Waals surface area (Å²) in [6.07, 6.45) is 3.00. The summed E-state index contributed by atoms with van der Waals surface area (Å²) in [7, 11) is 0. The van der Waals surface area contributed by atoms with E-state index in [1.165, 1.54) is 11.0 Å². The van der Waals surface area contributed by atoms with Crippen LogP contribution in [-0.4, -0.2) is 44.4 Å². The first kappa shape index (κ1) is 15.9. The second-order valence-electron chi connectivity index (χ2n) is 6.19. The van der Waals surface area contributed by atoms with Crippen LogP contribution in [0.4, 0.5) is 0 Å². The molecule has 0 saturated carbocycles. The van der Waals surface area contributed by atoms with Gasteiger partial charge in [-0.3, -0.25) is 4.79 Å². The molecule has 2 aromatic rings. The van der Waals surface area contributed by atoms with Crippen molar-refractivity contribution in [2.45, 2.75) is 38.3 Å². The average Bonchev–Trinajstić information content (AvgIpc) is 3.00. The number of carbonyl (C=O) groups is 1. The Morgan fingerprint density at radius 2 is 2.30 bits per heavy atom. The fourth-order valence-electron chi connectivity index (χ4n) is 2.78. The van der Waals surface area contributed by atoms with Crippen LogP contribution < -0.4 is 5.32 Å². The summed E-state index contributed by atoms with van der Waals surface area (Å²) in [5.41, 5.74) is 0.798. The zero-order valence-electron chi connectivity index (χ0n) is 13.0. The van der Waals surface area contributed by atoms with Gasteiger partial charge in [0.2, 0.25) is 0 Å². The summed E-state index contributed by atoms with van der Waals surface area (Å²) in [6, 6.07) is 5.10. The van der Waals surface area contributed by atoms with Crippen LogP contribution in [0.25, 0.3) is 5.69 Å². The highest BCUT2D eigenvalue weighted by Crippen LogP contribution is 2.25.